The number of primary amides is 1. The molecule has 14 heteroatoms. The highest BCUT2D eigenvalue weighted by Crippen LogP contribution is 2.39. The van der Waals surface area contributed by atoms with E-state index in [9.17, 15) is 40.7 Å². The maximum absolute atomic E-state index is 13.7. The van der Waals surface area contributed by atoms with Crippen LogP contribution in [0.3, 0.4) is 0 Å². The van der Waals surface area contributed by atoms with Gasteiger partial charge in [0, 0.05) is 35.8 Å². The average molecular weight is 599 g/mol. The number of carbonyl (C=O) groups is 3. The standard InChI is InChI=1S/C28H28F6N4O4/c1-15-4-2-5-16(14-15)21-19-6-3-7-20-22(19)38(12-13-42-20)26(41)24(36-21)37-25(40)18(9-11-28(32,33)34)17(23(35)39)8-10-27(29,30)31/h2-7,14,17-18,24H,8-13H2,1H3,(H2,35,39)(H,37,40)/t17?,18?,24-/m1/s1. The van der Waals surface area contributed by atoms with Crippen LogP contribution in [0.5, 0.6) is 5.75 Å². The summed E-state index contributed by atoms with van der Waals surface area (Å²) in [6, 6.07) is 12.1. The zero-order valence-electron chi connectivity index (χ0n) is 22.4. The number of anilines is 1. The number of alkyl halides is 6. The van der Waals surface area contributed by atoms with E-state index < -0.39 is 73.8 Å². The van der Waals surface area contributed by atoms with Crippen LogP contribution in [0, 0.1) is 18.8 Å². The summed E-state index contributed by atoms with van der Waals surface area (Å²) in [4.78, 5) is 45.2. The van der Waals surface area contributed by atoms with Gasteiger partial charge in [-0.1, -0.05) is 35.9 Å². The van der Waals surface area contributed by atoms with E-state index in [4.69, 9.17) is 10.5 Å². The highest BCUT2D eigenvalue weighted by atomic mass is 19.4. The van der Waals surface area contributed by atoms with Crippen LogP contribution in [0.15, 0.2) is 47.5 Å². The molecule has 2 aromatic rings. The molecule has 2 unspecified atom stereocenters. The van der Waals surface area contributed by atoms with Gasteiger partial charge in [-0.25, -0.2) is 4.99 Å². The lowest BCUT2D eigenvalue weighted by Gasteiger charge is -2.31. The number of para-hydroxylation sites is 1. The number of carbonyl (C=O) groups excluding carboxylic acids is 3. The number of aryl methyl sites for hydroxylation is 1. The molecule has 0 aliphatic carbocycles. The highest BCUT2D eigenvalue weighted by molar-refractivity contribution is 6.21. The predicted octanol–water partition coefficient (Wildman–Crippen LogP) is 4.42. The summed E-state index contributed by atoms with van der Waals surface area (Å²) >= 11 is 0. The number of rotatable bonds is 9. The summed E-state index contributed by atoms with van der Waals surface area (Å²) in [5, 5.41) is 2.32. The van der Waals surface area contributed by atoms with E-state index in [1.54, 1.807) is 36.4 Å². The molecule has 0 bridgehead atoms. The van der Waals surface area contributed by atoms with Gasteiger partial charge in [0.15, 0.2) is 0 Å². The molecule has 0 aromatic heterocycles. The SMILES string of the molecule is Cc1cccc(C2=N[C@H](NC(=O)C(CCC(F)(F)F)C(CCC(F)(F)F)C(N)=O)C(=O)N3CCOc4cccc2c43)c1. The van der Waals surface area contributed by atoms with Gasteiger partial charge in [-0.15, -0.1) is 0 Å². The predicted molar refractivity (Wildman–Crippen MR) is 140 cm³/mol. The largest absolute Gasteiger partial charge is 0.490 e. The number of halogens is 6. The Morgan fingerprint density at radius 3 is 2.31 bits per heavy atom. The summed E-state index contributed by atoms with van der Waals surface area (Å²) < 4.78 is 84.0. The molecular weight excluding hydrogens is 570 g/mol. The number of benzene rings is 2. The lowest BCUT2D eigenvalue weighted by molar-refractivity contribution is -0.152. The molecule has 42 heavy (non-hydrogen) atoms. The van der Waals surface area contributed by atoms with E-state index in [2.05, 4.69) is 10.3 Å². The first-order valence-electron chi connectivity index (χ1n) is 13.1. The van der Waals surface area contributed by atoms with E-state index in [0.717, 1.165) is 5.56 Å². The Morgan fingerprint density at radius 2 is 1.69 bits per heavy atom. The van der Waals surface area contributed by atoms with Gasteiger partial charge in [0.25, 0.3) is 5.91 Å². The van der Waals surface area contributed by atoms with Crippen LogP contribution >= 0.6 is 0 Å². The fourth-order valence-corrected chi connectivity index (χ4v) is 5.14. The normalized spacial score (nSPS) is 18.3. The molecule has 3 atom stereocenters. The van der Waals surface area contributed by atoms with E-state index in [1.165, 1.54) is 4.90 Å². The lowest BCUT2D eigenvalue weighted by Crippen LogP contribution is -2.52. The quantitative estimate of drug-likeness (QED) is 0.416. The maximum Gasteiger partial charge on any atom is 0.389 e. The molecule has 0 spiro atoms. The van der Waals surface area contributed by atoms with Crippen LogP contribution in [0.2, 0.25) is 0 Å². The third-order valence-electron chi connectivity index (χ3n) is 7.09. The fraction of sp³-hybridized carbons (Fsp3) is 0.429. The molecule has 2 heterocycles. The summed E-state index contributed by atoms with van der Waals surface area (Å²) in [6.45, 7) is 2.01. The van der Waals surface area contributed by atoms with Crippen molar-refractivity contribution in [2.45, 2.75) is 51.1 Å². The van der Waals surface area contributed by atoms with Gasteiger partial charge in [0.2, 0.25) is 18.0 Å². The summed E-state index contributed by atoms with van der Waals surface area (Å²) in [5.74, 6) is -6.73. The number of nitrogens with one attached hydrogen (secondary N) is 1. The topological polar surface area (TPSA) is 114 Å². The van der Waals surface area contributed by atoms with Gasteiger partial charge in [-0.05, 0) is 31.9 Å². The molecule has 3 N–H and O–H groups in total. The minimum absolute atomic E-state index is 0.0683. The van der Waals surface area contributed by atoms with Gasteiger partial charge in [-0.3, -0.25) is 14.4 Å². The molecule has 0 fully saturated rings. The maximum atomic E-state index is 13.7. The van der Waals surface area contributed by atoms with Crippen molar-refractivity contribution in [2.24, 2.45) is 22.6 Å². The number of aliphatic imine (C=N–C) groups is 1. The second kappa shape index (κ2) is 12.0. The molecule has 0 saturated carbocycles. The molecule has 2 aliphatic rings. The van der Waals surface area contributed by atoms with Gasteiger partial charge < -0.3 is 20.7 Å². The third-order valence-corrected chi connectivity index (χ3v) is 7.09. The molecular formula is C28H28F6N4O4. The van der Waals surface area contributed by atoms with Crippen LogP contribution < -0.4 is 20.7 Å². The molecule has 0 radical (unpaired) electrons. The number of hydrogen-bond acceptors (Lipinski definition) is 5. The lowest BCUT2D eigenvalue weighted by atomic mass is 9.83. The van der Waals surface area contributed by atoms with Crippen LogP contribution in [0.4, 0.5) is 32.0 Å². The fourth-order valence-electron chi connectivity index (χ4n) is 5.14. The van der Waals surface area contributed by atoms with E-state index in [1.807, 2.05) is 13.0 Å². The van der Waals surface area contributed by atoms with Gasteiger partial charge in [0.1, 0.15) is 12.4 Å². The minimum Gasteiger partial charge on any atom is -0.490 e. The number of nitrogens with zero attached hydrogens (tertiary/aromatic N) is 2. The van der Waals surface area contributed by atoms with Crippen molar-refractivity contribution in [2.75, 3.05) is 18.1 Å². The zero-order valence-corrected chi connectivity index (χ0v) is 22.4. The van der Waals surface area contributed by atoms with Gasteiger partial charge >= 0.3 is 12.4 Å². The second-order valence-corrected chi connectivity index (χ2v) is 10.2. The minimum atomic E-state index is -4.77. The Hall–Kier alpha value is -4.10. The van der Waals surface area contributed by atoms with Crippen LogP contribution in [0.1, 0.15) is 42.4 Å². The van der Waals surface area contributed by atoms with Crippen molar-refractivity contribution >= 4 is 29.1 Å². The van der Waals surface area contributed by atoms with E-state index in [0.29, 0.717) is 22.6 Å². The number of nitrogens with two attached hydrogens (primary N) is 1. The van der Waals surface area contributed by atoms with Crippen LogP contribution in [-0.4, -0.2) is 55.1 Å². The molecule has 2 aliphatic heterocycles. The molecule has 2 aromatic carbocycles. The first-order valence-corrected chi connectivity index (χ1v) is 13.1. The number of amides is 3. The molecule has 226 valence electrons. The average Bonchev–Trinajstić information content (AvgIpc) is 3.01. The first-order chi connectivity index (χ1) is 19.6. The van der Waals surface area contributed by atoms with E-state index >= 15 is 0 Å². The summed E-state index contributed by atoms with van der Waals surface area (Å²) in [6.07, 6.45) is -16.3. The van der Waals surface area contributed by atoms with Gasteiger partial charge in [0.05, 0.1) is 17.9 Å². The second-order valence-electron chi connectivity index (χ2n) is 10.2. The van der Waals surface area contributed by atoms with Crippen molar-refractivity contribution in [3.05, 3.63) is 59.2 Å². The highest BCUT2D eigenvalue weighted by Gasteiger charge is 2.42. The third kappa shape index (κ3) is 7.21. The Balaban J connectivity index is 1.75. The van der Waals surface area contributed by atoms with Crippen molar-refractivity contribution in [3.8, 4) is 5.75 Å². The molecule has 0 saturated heterocycles. The molecule has 8 nitrogen and oxygen atoms in total. The first kappa shape index (κ1) is 30.8. The Bertz CT molecular complexity index is 1390. The monoisotopic (exact) mass is 598 g/mol. The zero-order chi connectivity index (χ0) is 30.8. The number of hydrogen-bond donors (Lipinski definition) is 2. The van der Waals surface area contributed by atoms with Gasteiger partial charge in [-0.2, -0.15) is 26.3 Å². The van der Waals surface area contributed by atoms with Crippen LogP contribution in [-0.2, 0) is 14.4 Å². The van der Waals surface area contributed by atoms with Crippen molar-refractivity contribution in [3.63, 3.8) is 0 Å². The molecule has 3 amide bonds. The van der Waals surface area contributed by atoms with Crippen LogP contribution in [0.25, 0.3) is 0 Å². The summed E-state index contributed by atoms with van der Waals surface area (Å²) in [7, 11) is 0. The Labute approximate surface area is 236 Å². The number of ether oxygens (including phenoxy) is 1. The van der Waals surface area contributed by atoms with Crippen molar-refractivity contribution in [1.29, 1.82) is 0 Å². The molecule has 4 rings (SSSR count). The summed E-state index contributed by atoms with van der Waals surface area (Å²) in [5.41, 5.74) is 7.86. The Kier molecular flexibility index (Phi) is 8.83. The Morgan fingerprint density at radius 1 is 1.05 bits per heavy atom. The smallest absolute Gasteiger partial charge is 0.389 e. The van der Waals surface area contributed by atoms with Crippen molar-refractivity contribution in [1.82, 2.24) is 5.32 Å². The van der Waals surface area contributed by atoms with Crippen molar-refractivity contribution < 1.29 is 45.5 Å². The van der Waals surface area contributed by atoms with E-state index in [-0.39, 0.29) is 18.9 Å².